The molecule has 6 rings (SSSR count). The largest absolute Gasteiger partial charge is 0.369 e. The van der Waals surface area contributed by atoms with Crippen LogP contribution in [0.4, 0.5) is 16.0 Å². The van der Waals surface area contributed by atoms with Crippen molar-refractivity contribution < 1.29 is 9.18 Å². The van der Waals surface area contributed by atoms with Gasteiger partial charge in [-0.3, -0.25) is 9.79 Å². The zero-order valence-corrected chi connectivity index (χ0v) is 23.6. The normalized spacial score (nSPS) is 16.6. The molecule has 1 atom stereocenters. The number of anilines is 2. The number of guanidine groups is 1. The fourth-order valence-corrected chi connectivity index (χ4v) is 5.24. The molecule has 3 heterocycles. The third-order valence-corrected chi connectivity index (χ3v) is 7.42. The molecular formula is C31H28ClFN8O. The number of halogens is 2. The molecule has 2 aliphatic heterocycles. The maximum absolute atomic E-state index is 14.8. The molecule has 42 heavy (non-hydrogen) atoms. The van der Waals surface area contributed by atoms with Gasteiger partial charge in [-0.15, -0.1) is 0 Å². The van der Waals surface area contributed by atoms with Gasteiger partial charge in [0.1, 0.15) is 5.82 Å². The predicted molar refractivity (Wildman–Crippen MR) is 163 cm³/mol. The summed E-state index contributed by atoms with van der Waals surface area (Å²) in [4.78, 5) is 32.8. The van der Waals surface area contributed by atoms with E-state index in [2.05, 4.69) is 27.5 Å². The Morgan fingerprint density at radius 2 is 1.93 bits per heavy atom. The molecule has 0 radical (unpaired) electrons. The highest BCUT2D eigenvalue weighted by Gasteiger charge is 2.23. The predicted octanol–water partition coefficient (Wildman–Crippen LogP) is 4.78. The van der Waals surface area contributed by atoms with Crippen LogP contribution in [0.5, 0.6) is 0 Å². The first kappa shape index (κ1) is 27.5. The van der Waals surface area contributed by atoms with E-state index in [1.54, 1.807) is 60.8 Å². The second kappa shape index (κ2) is 11.7. The van der Waals surface area contributed by atoms with E-state index in [0.29, 0.717) is 57.8 Å². The average molecular weight is 583 g/mol. The minimum absolute atomic E-state index is 0.220. The molecule has 11 heteroatoms. The summed E-state index contributed by atoms with van der Waals surface area (Å²) in [6.45, 7) is 4.52. The van der Waals surface area contributed by atoms with Crippen LogP contribution in [0, 0.1) is 5.82 Å². The van der Waals surface area contributed by atoms with Crippen molar-refractivity contribution in [1.29, 1.82) is 0 Å². The fraction of sp³-hybridized carbons (Fsp3) is 0.194. The van der Waals surface area contributed by atoms with Gasteiger partial charge in [-0.2, -0.15) is 4.99 Å². The number of aliphatic imine (C=N–C) groups is 2. The summed E-state index contributed by atoms with van der Waals surface area (Å²) in [5.74, 6) is -0.196. The zero-order valence-electron chi connectivity index (χ0n) is 22.8. The summed E-state index contributed by atoms with van der Waals surface area (Å²) in [5.41, 5.74) is 11.0. The Bertz CT molecular complexity index is 1720. The van der Waals surface area contributed by atoms with Crippen LogP contribution in [0.1, 0.15) is 34.0 Å². The van der Waals surface area contributed by atoms with Gasteiger partial charge in [-0.05, 0) is 55.5 Å². The van der Waals surface area contributed by atoms with Crippen molar-refractivity contribution in [3.63, 3.8) is 0 Å². The molecule has 1 unspecified atom stereocenters. The molecule has 3 aromatic carbocycles. The Hall–Kier alpha value is -4.67. The van der Waals surface area contributed by atoms with E-state index in [1.165, 1.54) is 6.07 Å². The molecule has 1 aromatic heterocycles. The van der Waals surface area contributed by atoms with Crippen LogP contribution in [0.25, 0.3) is 11.3 Å². The minimum Gasteiger partial charge on any atom is -0.369 e. The second-order valence-electron chi connectivity index (χ2n) is 10.2. The van der Waals surface area contributed by atoms with Crippen LogP contribution < -0.4 is 16.4 Å². The van der Waals surface area contributed by atoms with Gasteiger partial charge in [0.2, 0.25) is 5.95 Å². The van der Waals surface area contributed by atoms with Crippen molar-refractivity contribution in [2.75, 3.05) is 25.0 Å². The van der Waals surface area contributed by atoms with Crippen molar-refractivity contribution in [3.05, 3.63) is 106 Å². The summed E-state index contributed by atoms with van der Waals surface area (Å²) in [7, 11) is 0. The SMILES string of the molecule is CC1CN(C(N)=NC(=O)c2ccc(Nc3ncc4c(n3)-c3ccc(Cl)cc3C(c3ccccc3F)=NC4)cc2)CCN1. The number of nitrogens with two attached hydrogens (primary N) is 1. The number of nitrogens with one attached hydrogen (secondary N) is 2. The Morgan fingerprint density at radius 3 is 2.71 bits per heavy atom. The molecule has 212 valence electrons. The van der Waals surface area contributed by atoms with E-state index >= 15 is 0 Å². The number of aromatic nitrogens is 2. The smallest absolute Gasteiger partial charge is 0.280 e. The topological polar surface area (TPSA) is 121 Å². The molecule has 4 aromatic rings. The maximum Gasteiger partial charge on any atom is 0.280 e. The Morgan fingerprint density at radius 1 is 1.12 bits per heavy atom. The fourth-order valence-electron chi connectivity index (χ4n) is 5.07. The number of hydrogen-bond donors (Lipinski definition) is 3. The van der Waals surface area contributed by atoms with Gasteiger partial charge in [0.15, 0.2) is 5.96 Å². The van der Waals surface area contributed by atoms with Gasteiger partial charge in [-0.1, -0.05) is 29.8 Å². The van der Waals surface area contributed by atoms with E-state index in [1.807, 2.05) is 11.0 Å². The molecule has 0 bridgehead atoms. The van der Waals surface area contributed by atoms with Crippen molar-refractivity contribution in [3.8, 4) is 11.3 Å². The standard InChI is InChI=1S/C31H28ClFN8O/c1-18-17-41(13-12-35-18)30(34)40-29(42)19-6-9-22(10-7-19)38-31-37-16-20-15-36-28(24-4-2-3-5-26(24)33)25-14-21(32)8-11-23(25)27(20)39-31/h2-11,14,16,18,35H,12-13,15,17H2,1H3,(H2,34,40,42)(H,37,38,39). The van der Waals surface area contributed by atoms with Crippen LogP contribution in [0.2, 0.25) is 5.02 Å². The summed E-state index contributed by atoms with van der Waals surface area (Å²) < 4.78 is 14.8. The number of carbonyl (C=O) groups excluding carboxylic acids is 1. The molecule has 9 nitrogen and oxygen atoms in total. The Balaban J connectivity index is 1.24. The lowest BCUT2D eigenvalue weighted by atomic mass is 9.95. The Labute approximate surface area is 247 Å². The summed E-state index contributed by atoms with van der Waals surface area (Å²) in [6, 6.07) is 19.1. The molecule has 0 spiro atoms. The number of rotatable bonds is 4. The van der Waals surface area contributed by atoms with E-state index in [4.69, 9.17) is 27.3 Å². The van der Waals surface area contributed by atoms with Gasteiger partial charge in [-0.25, -0.2) is 14.4 Å². The van der Waals surface area contributed by atoms with E-state index in [-0.39, 0.29) is 24.4 Å². The van der Waals surface area contributed by atoms with Crippen LogP contribution >= 0.6 is 11.6 Å². The first-order valence-corrected chi connectivity index (χ1v) is 13.9. The lowest BCUT2D eigenvalue weighted by Crippen LogP contribution is -2.53. The van der Waals surface area contributed by atoms with Crippen LogP contribution in [0.3, 0.4) is 0 Å². The first-order chi connectivity index (χ1) is 20.4. The molecular weight excluding hydrogens is 555 g/mol. The van der Waals surface area contributed by atoms with Crippen molar-refractivity contribution in [1.82, 2.24) is 20.2 Å². The van der Waals surface area contributed by atoms with Gasteiger partial charge < -0.3 is 21.3 Å². The molecule has 1 saturated heterocycles. The second-order valence-corrected chi connectivity index (χ2v) is 10.6. The average Bonchev–Trinajstić information content (AvgIpc) is 3.14. The molecule has 2 aliphatic rings. The third-order valence-electron chi connectivity index (χ3n) is 7.19. The molecule has 1 amide bonds. The molecule has 4 N–H and O–H groups in total. The number of benzene rings is 3. The van der Waals surface area contributed by atoms with Crippen molar-refractivity contribution in [2.45, 2.75) is 19.5 Å². The minimum atomic E-state index is -0.410. The van der Waals surface area contributed by atoms with Gasteiger partial charge in [0.25, 0.3) is 5.91 Å². The highest BCUT2D eigenvalue weighted by atomic mass is 35.5. The first-order valence-electron chi connectivity index (χ1n) is 13.5. The lowest BCUT2D eigenvalue weighted by molar-refractivity contribution is 0.100. The third kappa shape index (κ3) is 5.72. The number of amides is 1. The quantitative estimate of drug-likeness (QED) is 0.234. The van der Waals surface area contributed by atoms with Gasteiger partial charge in [0.05, 0.1) is 18.0 Å². The number of nitrogens with zero attached hydrogens (tertiary/aromatic N) is 5. The van der Waals surface area contributed by atoms with E-state index in [0.717, 1.165) is 17.7 Å². The summed E-state index contributed by atoms with van der Waals surface area (Å²) >= 11 is 6.36. The molecule has 0 saturated carbocycles. The van der Waals surface area contributed by atoms with Crippen molar-refractivity contribution in [2.24, 2.45) is 15.7 Å². The van der Waals surface area contributed by atoms with E-state index < -0.39 is 5.91 Å². The maximum atomic E-state index is 14.8. The summed E-state index contributed by atoms with van der Waals surface area (Å²) in [5, 5.41) is 7.05. The van der Waals surface area contributed by atoms with Gasteiger partial charge in [0, 0.05) is 70.4 Å². The van der Waals surface area contributed by atoms with Crippen LogP contribution in [-0.4, -0.2) is 58.1 Å². The van der Waals surface area contributed by atoms with E-state index in [9.17, 15) is 9.18 Å². The highest BCUT2D eigenvalue weighted by molar-refractivity contribution is 6.31. The number of carbonyl (C=O) groups is 1. The van der Waals surface area contributed by atoms with Crippen molar-refractivity contribution >= 4 is 40.8 Å². The number of piperazine rings is 1. The Kier molecular flexibility index (Phi) is 7.64. The zero-order chi connectivity index (χ0) is 29.2. The number of hydrogen-bond acceptors (Lipinski definition) is 6. The number of fused-ring (bicyclic) bond motifs is 3. The lowest BCUT2D eigenvalue weighted by Gasteiger charge is -2.32. The summed E-state index contributed by atoms with van der Waals surface area (Å²) in [6.07, 6.45) is 1.71. The van der Waals surface area contributed by atoms with Gasteiger partial charge >= 0.3 is 0 Å². The van der Waals surface area contributed by atoms with Crippen LogP contribution in [0.15, 0.2) is 82.9 Å². The molecule has 0 aliphatic carbocycles. The molecule has 1 fully saturated rings. The monoisotopic (exact) mass is 582 g/mol. The van der Waals surface area contributed by atoms with Crippen LogP contribution in [-0.2, 0) is 6.54 Å². The highest BCUT2D eigenvalue weighted by Crippen LogP contribution is 2.34.